The molecular formula is C21H25NO4. The molecule has 0 spiro atoms. The zero-order valence-electron chi connectivity index (χ0n) is 15.5. The van der Waals surface area contributed by atoms with E-state index in [-0.39, 0.29) is 5.91 Å². The van der Waals surface area contributed by atoms with Gasteiger partial charge in [0, 0.05) is 12.1 Å². The fourth-order valence-electron chi connectivity index (χ4n) is 2.27. The lowest BCUT2D eigenvalue weighted by Crippen LogP contribution is -2.09. The normalized spacial score (nSPS) is 10.6. The van der Waals surface area contributed by atoms with Crippen molar-refractivity contribution in [3.63, 3.8) is 0 Å². The van der Waals surface area contributed by atoms with Crippen molar-refractivity contribution < 1.29 is 19.0 Å². The highest BCUT2D eigenvalue weighted by Crippen LogP contribution is 2.28. The van der Waals surface area contributed by atoms with Crippen molar-refractivity contribution in [3.8, 4) is 17.2 Å². The van der Waals surface area contributed by atoms with Gasteiger partial charge in [0.15, 0.2) is 0 Å². The quantitative estimate of drug-likeness (QED) is 0.530. The molecule has 0 heterocycles. The largest absolute Gasteiger partial charge is 0.497 e. The van der Waals surface area contributed by atoms with Crippen molar-refractivity contribution in [2.45, 2.75) is 19.8 Å². The Morgan fingerprint density at radius 2 is 1.77 bits per heavy atom. The molecule has 2 rings (SSSR count). The Kier molecular flexibility index (Phi) is 7.55. The van der Waals surface area contributed by atoms with Gasteiger partial charge in [-0.15, -0.1) is 0 Å². The Morgan fingerprint density at radius 3 is 2.42 bits per heavy atom. The molecule has 0 bridgehead atoms. The number of hydrogen-bond acceptors (Lipinski definition) is 4. The Hall–Kier alpha value is -2.95. The van der Waals surface area contributed by atoms with E-state index in [2.05, 4.69) is 12.2 Å². The number of nitrogens with one attached hydrogen (secondary N) is 1. The van der Waals surface area contributed by atoms with E-state index in [1.807, 2.05) is 24.3 Å². The number of hydrogen-bond donors (Lipinski definition) is 1. The first-order valence-corrected chi connectivity index (χ1v) is 8.60. The average molecular weight is 355 g/mol. The van der Waals surface area contributed by atoms with Crippen LogP contribution in [-0.2, 0) is 4.79 Å². The van der Waals surface area contributed by atoms with Crippen LogP contribution in [0.1, 0.15) is 25.3 Å². The van der Waals surface area contributed by atoms with Crippen LogP contribution in [0, 0.1) is 0 Å². The lowest BCUT2D eigenvalue weighted by Gasteiger charge is -2.10. The van der Waals surface area contributed by atoms with E-state index in [0.717, 1.165) is 30.8 Å². The molecule has 26 heavy (non-hydrogen) atoms. The van der Waals surface area contributed by atoms with Gasteiger partial charge >= 0.3 is 0 Å². The molecule has 0 aliphatic rings. The second-order valence-corrected chi connectivity index (χ2v) is 5.66. The van der Waals surface area contributed by atoms with Crippen LogP contribution in [0.4, 0.5) is 5.69 Å². The first-order valence-electron chi connectivity index (χ1n) is 8.60. The zero-order chi connectivity index (χ0) is 18.8. The third-order valence-corrected chi connectivity index (χ3v) is 3.74. The summed E-state index contributed by atoms with van der Waals surface area (Å²) < 4.78 is 16.1. The van der Waals surface area contributed by atoms with Crippen molar-refractivity contribution in [1.29, 1.82) is 0 Å². The highest BCUT2D eigenvalue weighted by atomic mass is 16.5. The van der Waals surface area contributed by atoms with E-state index < -0.39 is 0 Å². The third kappa shape index (κ3) is 5.84. The SMILES string of the molecule is CCCCOc1ccc(C=CC(=O)Nc2cc(OC)ccc2OC)cc1. The predicted octanol–water partition coefficient (Wildman–Crippen LogP) is 4.53. The number of carbonyl (C=O) groups is 1. The van der Waals surface area contributed by atoms with Gasteiger partial charge in [0.25, 0.3) is 0 Å². The Balaban J connectivity index is 1.97. The maximum Gasteiger partial charge on any atom is 0.248 e. The molecule has 0 aromatic heterocycles. The topological polar surface area (TPSA) is 56.8 Å². The summed E-state index contributed by atoms with van der Waals surface area (Å²) in [6, 6.07) is 12.9. The number of rotatable bonds is 9. The Bertz CT molecular complexity index is 738. The minimum Gasteiger partial charge on any atom is -0.497 e. The van der Waals surface area contributed by atoms with Gasteiger partial charge in [-0.25, -0.2) is 0 Å². The van der Waals surface area contributed by atoms with Gasteiger partial charge in [0.05, 0.1) is 26.5 Å². The summed E-state index contributed by atoms with van der Waals surface area (Å²) in [5, 5.41) is 2.80. The molecule has 0 fully saturated rings. The number of ether oxygens (including phenoxy) is 3. The number of amides is 1. The molecule has 2 aromatic carbocycles. The van der Waals surface area contributed by atoms with Gasteiger partial charge in [-0.3, -0.25) is 4.79 Å². The van der Waals surface area contributed by atoms with E-state index in [9.17, 15) is 4.79 Å². The Morgan fingerprint density at radius 1 is 1.04 bits per heavy atom. The summed E-state index contributed by atoms with van der Waals surface area (Å²) in [6.45, 7) is 2.85. The highest BCUT2D eigenvalue weighted by Gasteiger charge is 2.07. The Labute approximate surface area is 154 Å². The van der Waals surface area contributed by atoms with Crippen LogP contribution in [0.25, 0.3) is 6.08 Å². The summed E-state index contributed by atoms with van der Waals surface area (Å²) in [5.41, 5.74) is 1.47. The molecule has 1 N–H and O–H groups in total. The zero-order valence-corrected chi connectivity index (χ0v) is 15.5. The van der Waals surface area contributed by atoms with Crippen LogP contribution in [0.2, 0.25) is 0 Å². The van der Waals surface area contributed by atoms with Gasteiger partial charge in [-0.2, -0.15) is 0 Å². The molecule has 5 nitrogen and oxygen atoms in total. The molecule has 2 aromatic rings. The van der Waals surface area contributed by atoms with Crippen LogP contribution in [0.5, 0.6) is 17.2 Å². The van der Waals surface area contributed by atoms with E-state index in [4.69, 9.17) is 14.2 Å². The maximum atomic E-state index is 12.2. The average Bonchev–Trinajstić information content (AvgIpc) is 2.67. The van der Waals surface area contributed by atoms with E-state index >= 15 is 0 Å². The van der Waals surface area contributed by atoms with E-state index in [0.29, 0.717) is 17.2 Å². The molecule has 5 heteroatoms. The lowest BCUT2D eigenvalue weighted by molar-refractivity contribution is -0.111. The number of methoxy groups -OCH3 is 2. The molecule has 0 aliphatic heterocycles. The summed E-state index contributed by atoms with van der Waals surface area (Å²) >= 11 is 0. The molecule has 1 amide bonds. The molecule has 0 atom stereocenters. The van der Waals surface area contributed by atoms with Crippen molar-refractivity contribution >= 4 is 17.7 Å². The summed E-state index contributed by atoms with van der Waals surface area (Å²) in [6.07, 6.45) is 5.37. The fourth-order valence-corrected chi connectivity index (χ4v) is 2.27. The first-order chi connectivity index (χ1) is 12.7. The van der Waals surface area contributed by atoms with E-state index in [1.54, 1.807) is 38.5 Å². The van der Waals surface area contributed by atoms with Crippen molar-refractivity contribution in [3.05, 3.63) is 54.1 Å². The van der Waals surface area contributed by atoms with Crippen molar-refractivity contribution in [1.82, 2.24) is 0 Å². The smallest absolute Gasteiger partial charge is 0.248 e. The summed E-state index contributed by atoms with van der Waals surface area (Å²) in [4.78, 5) is 12.2. The highest BCUT2D eigenvalue weighted by molar-refractivity contribution is 6.02. The first kappa shape index (κ1) is 19.4. The van der Waals surface area contributed by atoms with Crippen LogP contribution in [-0.4, -0.2) is 26.7 Å². The minimum absolute atomic E-state index is 0.250. The van der Waals surface area contributed by atoms with Gasteiger partial charge in [-0.05, 0) is 42.3 Å². The monoisotopic (exact) mass is 355 g/mol. The van der Waals surface area contributed by atoms with Gasteiger partial charge in [0.2, 0.25) is 5.91 Å². The molecule has 0 saturated carbocycles. The molecule has 138 valence electrons. The van der Waals surface area contributed by atoms with Gasteiger partial charge in [-0.1, -0.05) is 25.5 Å². The van der Waals surface area contributed by atoms with Crippen molar-refractivity contribution in [2.75, 3.05) is 26.1 Å². The standard InChI is InChI=1S/C21H25NO4/c1-4-5-14-26-17-9-6-16(7-10-17)8-13-21(23)22-19-15-18(24-2)11-12-20(19)25-3/h6-13,15H,4-5,14H2,1-3H3,(H,22,23). The molecule has 0 unspecified atom stereocenters. The van der Waals surface area contributed by atoms with E-state index in [1.165, 1.54) is 6.08 Å². The third-order valence-electron chi connectivity index (χ3n) is 3.74. The summed E-state index contributed by atoms with van der Waals surface area (Å²) in [5.74, 6) is 1.80. The maximum absolute atomic E-state index is 12.2. The van der Waals surface area contributed by atoms with Crippen LogP contribution in [0.3, 0.4) is 0 Å². The minimum atomic E-state index is -0.250. The van der Waals surface area contributed by atoms with Gasteiger partial charge < -0.3 is 19.5 Å². The van der Waals surface area contributed by atoms with Gasteiger partial charge in [0.1, 0.15) is 17.2 Å². The molecule has 0 aliphatic carbocycles. The fraction of sp³-hybridized carbons (Fsp3) is 0.286. The predicted molar refractivity (Wildman–Crippen MR) is 104 cm³/mol. The molecular weight excluding hydrogens is 330 g/mol. The second-order valence-electron chi connectivity index (χ2n) is 5.66. The van der Waals surface area contributed by atoms with Crippen LogP contribution < -0.4 is 19.5 Å². The van der Waals surface area contributed by atoms with Crippen LogP contribution in [0.15, 0.2) is 48.5 Å². The van der Waals surface area contributed by atoms with Crippen molar-refractivity contribution in [2.24, 2.45) is 0 Å². The lowest BCUT2D eigenvalue weighted by atomic mass is 10.2. The number of benzene rings is 2. The van der Waals surface area contributed by atoms with Crippen LogP contribution >= 0.6 is 0 Å². The second kappa shape index (κ2) is 10.1. The number of carbonyl (C=O) groups excluding carboxylic acids is 1. The molecule has 0 saturated heterocycles. The number of unbranched alkanes of at least 4 members (excludes halogenated alkanes) is 1. The molecule has 0 radical (unpaired) electrons. The number of anilines is 1. The summed E-state index contributed by atoms with van der Waals surface area (Å²) in [7, 11) is 3.13.